The van der Waals surface area contributed by atoms with Crippen LogP contribution in [0, 0.1) is 0 Å². The number of ether oxygens (including phenoxy) is 1. The first-order chi connectivity index (χ1) is 18.5. The summed E-state index contributed by atoms with van der Waals surface area (Å²) < 4.78 is 5.94. The van der Waals surface area contributed by atoms with Gasteiger partial charge in [-0.15, -0.1) is 11.3 Å². The number of anilines is 1. The summed E-state index contributed by atoms with van der Waals surface area (Å²) in [6.07, 6.45) is 1.13. The fourth-order valence-electron chi connectivity index (χ4n) is 4.63. The van der Waals surface area contributed by atoms with Gasteiger partial charge in [-0.2, -0.15) is 0 Å². The Labute approximate surface area is 226 Å². The van der Waals surface area contributed by atoms with Gasteiger partial charge in [0.25, 0.3) is 0 Å². The van der Waals surface area contributed by atoms with Gasteiger partial charge in [0.05, 0.1) is 11.7 Å². The lowest BCUT2D eigenvalue weighted by atomic mass is 10.1. The minimum absolute atomic E-state index is 0.259. The van der Waals surface area contributed by atoms with E-state index in [1.54, 1.807) is 11.9 Å². The number of carbonyl (C=O) groups excluding carboxylic acids is 2. The highest BCUT2D eigenvalue weighted by atomic mass is 32.1. The number of fused-ring (bicyclic) bond motifs is 3. The second-order valence-corrected chi connectivity index (χ2v) is 10.2. The van der Waals surface area contributed by atoms with Crippen molar-refractivity contribution >= 4 is 28.5 Å². The van der Waals surface area contributed by atoms with E-state index in [0.717, 1.165) is 33.5 Å². The number of rotatable bonds is 9. The first kappa shape index (κ1) is 25.6. The Morgan fingerprint density at radius 2 is 1.61 bits per heavy atom. The molecule has 1 aromatic heterocycles. The van der Waals surface area contributed by atoms with Crippen molar-refractivity contribution in [3.05, 3.63) is 95.4 Å². The Balaban J connectivity index is 1.07. The van der Waals surface area contributed by atoms with Gasteiger partial charge in [0, 0.05) is 35.7 Å². The van der Waals surface area contributed by atoms with Gasteiger partial charge >= 0.3 is 6.09 Å². The van der Waals surface area contributed by atoms with Gasteiger partial charge < -0.3 is 20.7 Å². The number of aromatic nitrogens is 1. The molecule has 0 fully saturated rings. The molecule has 7 nitrogen and oxygen atoms in total. The van der Waals surface area contributed by atoms with Crippen molar-refractivity contribution in [3.8, 4) is 22.4 Å². The van der Waals surface area contributed by atoms with Crippen molar-refractivity contribution < 1.29 is 14.3 Å². The smallest absolute Gasteiger partial charge is 0.410 e. The van der Waals surface area contributed by atoms with Gasteiger partial charge in [0.1, 0.15) is 0 Å². The maximum absolute atomic E-state index is 12.9. The van der Waals surface area contributed by atoms with Crippen LogP contribution in [0.3, 0.4) is 0 Å². The van der Waals surface area contributed by atoms with Crippen molar-refractivity contribution in [3.63, 3.8) is 0 Å². The van der Waals surface area contributed by atoms with Crippen LogP contribution in [0.15, 0.2) is 84.2 Å². The number of thiazole rings is 1. The van der Waals surface area contributed by atoms with E-state index in [2.05, 4.69) is 22.4 Å². The zero-order chi connectivity index (χ0) is 26.5. The number of hydrogen-bond donors (Lipinski definition) is 2. The summed E-state index contributed by atoms with van der Waals surface area (Å²) >= 11 is 1.37. The predicted octanol–water partition coefficient (Wildman–Crippen LogP) is 6.08. The molecule has 0 aliphatic heterocycles. The molecule has 8 heteroatoms. The van der Waals surface area contributed by atoms with Crippen molar-refractivity contribution in [1.29, 1.82) is 0 Å². The molecule has 1 aliphatic carbocycles. The zero-order valence-corrected chi connectivity index (χ0v) is 22.0. The van der Waals surface area contributed by atoms with Crippen LogP contribution in [0.2, 0.25) is 0 Å². The quantitative estimate of drug-likeness (QED) is 0.258. The van der Waals surface area contributed by atoms with Gasteiger partial charge in [0.2, 0.25) is 5.91 Å². The number of benzene rings is 3. The third kappa shape index (κ3) is 5.61. The highest BCUT2D eigenvalue weighted by Crippen LogP contribution is 2.45. The molecule has 0 saturated carbocycles. The molecular formula is C30H30N4O3S. The summed E-state index contributed by atoms with van der Waals surface area (Å²) in [5, 5.41) is 5.26. The predicted molar refractivity (Wildman–Crippen MR) is 151 cm³/mol. The molecule has 3 N–H and O–H groups in total. The maximum Gasteiger partial charge on any atom is 0.410 e. The summed E-state index contributed by atoms with van der Waals surface area (Å²) in [5.74, 6) is -0.259. The van der Waals surface area contributed by atoms with Gasteiger partial charge in [-0.25, -0.2) is 9.78 Å². The van der Waals surface area contributed by atoms with E-state index >= 15 is 0 Å². The summed E-state index contributed by atoms with van der Waals surface area (Å²) in [5.41, 5.74) is 12.1. The SMILES string of the molecule is CN(CCCCC(N)C(=O)Nc1nc(-c2ccccc2)cs1)C(=O)OC1c2ccccc2-c2ccccc21. The molecular weight excluding hydrogens is 496 g/mol. The molecule has 38 heavy (non-hydrogen) atoms. The summed E-state index contributed by atoms with van der Waals surface area (Å²) in [6.45, 7) is 0.510. The molecule has 0 bridgehead atoms. The average molecular weight is 527 g/mol. The molecule has 1 atom stereocenters. The second-order valence-electron chi connectivity index (χ2n) is 9.36. The van der Waals surface area contributed by atoms with Crippen molar-refractivity contribution in [2.75, 3.05) is 18.9 Å². The van der Waals surface area contributed by atoms with E-state index in [1.807, 2.05) is 72.1 Å². The molecule has 0 saturated heterocycles. The first-order valence-corrected chi connectivity index (χ1v) is 13.6. The lowest BCUT2D eigenvalue weighted by molar-refractivity contribution is -0.117. The topological polar surface area (TPSA) is 97.5 Å². The lowest BCUT2D eigenvalue weighted by Crippen LogP contribution is -2.35. The molecule has 1 aliphatic rings. The molecule has 5 rings (SSSR count). The van der Waals surface area contributed by atoms with Crippen LogP contribution in [0.25, 0.3) is 22.4 Å². The highest BCUT2D eigenvalue weighted by Gasteiger charge is 2.31. The number of carbonyl (C=O) groups is 2. The first-order valence-electron chi connectivity index (χ1n) is 12.7. The average Bonchev–Trinajstić information content (AvgIpc) is 3.54. The van der Waals surface area contributed by atoms with Crippen molar-refractivity contribution in [2.24, 2.45) is 5.73 Å². The molecule has 1 heterocycles. The number of nitrogens with zero attached hydrogens (tertiary/aromatic N) is 2. The second kappa shape index (κ2) is 11.6. The van der Waals surface area contributed by atoms with Gasteiger partial charge in [-0.3, -0.25) is 4.79 Å². The third-order valence-corrected chi connectivity index (χ3v) is 7.46. The number of nitrogens with two attached hydrogens (primary N) is 1. The van der Waals surface area contributed by atoms with Crippen LogP contribution >= 0.6 is 11.3 Å². The van der Waals surface area contributed by atoms with Gasteiger partial charge in [-0.05, 0) is 30.4 Å². The van der Waals surface area contributed by atoms with Crippen molar-refractivity contribution in [2.45, 2.75) is 31.4 Å². The van der Waals surface area contributed by atoms with E-state index in [-0.39, 0.29) is 12.0 Å². The van der Waals surface area contributed by atoms with Crippen LogP contribution in [0.5, 0.6) is 0 Å². The fourth-order valence-corrected chi connectivity index (χ4v) is 5.36. The van der Waals surface area contributed by atoms with E-state index < -0.39 is 12.1 Å². The zero-order valence-electron chi connectivity index (χ0n) is 21.2. The molecule has 1 unspecified atom stereocenters. The number of amides is 2. The van der Waals surface area contributed by atoms with E-state index in [4.69, 9.17) is 10.5 Å². The molecule has 194 valence electrons. The van der Waals surface area contributed by atoms with Crippen LogP contribution in [-0.2, 0) is 9.53 Å². The Hall–Kier alpha value is -4.01. The Bertz CT molecular complexity index is 1380. The maximum atomic E-state index is 12.9. The van der Waals surface area contributed by atoms with Gasteiger partial charge in [0.15, 0.2) is 11.2 Å². The van der Waals surface area contributed by atoms with Crippen LogP contribution in [-0.4, -0.2) is 41.5 Å². The highest BCUT2D eigenvalue weighted by molar-refractivity contribution is 7.14. The normalized spacial score (nSPS) is 12.9. The van der Waals surface area contributed by atoms with Crippen LogP contribution < -0.4 is 11.1 Å². The number of nitrogens with one attached hydrogen (secondary N) is 1. The Morgan fingerprint density at radius 3 is 2.29 bits per heavy atom. The molecule has 0 radical (unpaired) electrons. The number of unbranched alkanes of at least 4 members (excludes halogenated alkanes) is 1. The molecule has 3 aromatic carbocycles. The lowest BCUT2D eigenvalue weighted by Gasteiger charge is -2.21. The monoisotopic (exact) mass is 526 g/mol. The minimum atomic E-state index is -0.650. The standard InChI is InChI=1S/C30H30N4O3S/c1-34(30(36)37-27-23-15-7-5-13-21(23)22-14-6-8-16-24(22)27)18-10-9-17-25(31)28(35)33-29-32-26(19-38-29)20-11-3-2-4-12-20/h2-8,11-16,19,25,27H,9-10,17-18,31H2,1H3,(H,32,33,35). The third-order valence-electron chi connectivity index (χ3n) is 6.71. The van der Waals surface area contributed by atoms with E-state index in [1.165, 1.54) is 11.3 Å². The van der Waals surface area contributed by atoms with Crippen LogP contribution in [0.4, 0.5) is 9.93 Å². The minimum Gasteiger partial charge on any atom is -0.436 e. The summed E-state index contributed by atoms with van der Waals surface area (Å²) in [6, 6.07) is 25.2. The van der Waals surface area contributed by atoms with Gasteiger partial charge in [-0.1, -0.05) is 78.9 Å². The van der Waals surface area contributed by atoms with E-state index in [0.29, 0.717) is 30.9 Å². The fraction of sp³-hybridized carbons (Fsp3) is 0.233. The summed E-state index contributed by atoms with van der Waals surface area (Å²) in [7, 11) is 1.73. The number of hydrogen-bond acceptors (Lipinski definition) is 6. The Kier molecular flexibility index (Phi) is 7.81. The summed E-state index contributed by atoms with van der Waals surface area (Å²) in [4.78, 5) is 31.5. The largest absolute Gasteiger partial charge is 0.436 e. The molecule has 4 aromatic rings. The van der Waals surface area contributed by atoms with E-state index in [9.17, 15) is 9.59 Å². The van der Waals surface area contributed by atoms with Crippen molar-refractivity contribution in [1.82, 2.24) is 9.88 Å². The molecule has 2 amide bonds. The van der Waals surface area contributed by atoms with Crippen LogP contribution in [0.1, 0.15) is 36.5 Å². The molecule has 0 spiro atoms. The Morgan fingerprint density at radius 1 is 0.974 bits per heavy atom.